The van der Waals surface area contributed by atoms with Gasteiger partial charge in [-0.25, -0.2) is 0 Å². The number of fused-ring (bicyclic) bond motifs is 1. The first-order chi connectivity index (χ1) is 8.66. The van der Waals surface area contributed by atoms with Gasteiger partial charge in [-0.1, -0.05) is 36.4 Å². The lowest BCUT2D eigenvalue weighted by molar-refractivity contribution is 0.782. The molecule has 0 aliphatic rings. The van der Waals surface area contributed by atoms with Crippen LogP contribution in [0.3, 0.4) is 0 Å². The number of nitrogens with two attached hydrogens (primary N) is 1. The van der Waals surface area contributed by atoms with Crippen LogP contribution in [-0.2, 0) is 7.05 Å². The molecular formula is C15H15N3. The Morgan fingerprint density at radius 2 is 1.78 bits per heavy atom. The molecule has 3 aromatic rings. The third-order valence-electron chi connectivity index (χ3n) is 3.33. The Kier molecular flexibility index (Phi) is 2.33. The molecule has 0 amide bonds. The Labute approximate surface area is 106 Å². The van der Waals surface area contributed by atoms with Crippen molar-refractivity contribution in [2.24, 2.45) is 7.05 Å². The third-order valence-corrected chi connectivity index (χ3v) is 3.33. The third kappa shape index (κ3) is 1.56. The summed E-state index contributed by atoms with van der Waals surface area (Å²) in [5, 5.41) is 6.93. The summed E-state index contributed by atoms with van der Waals surface area (Å²) in [4.78, 5) is 0. The van der Waals surface area contributed by atoms with Crippen LogP contribution in [0, 0.1) is 6.92 Å². The lowest BCUT2D eigenvalue weighted by Crippen LogP contribution is -1.96. The van der Waals surface area contributed by atoms with E-state index in [1.165, 1.54) is 16.3 Å². The Morgan fingerprint density at radius 3 is 2.44 bits per heavy atom. The van der Waals surface area contributed by atoms with Crippen LogP contribution in [0.15, 0.2) is 42.5 Å². The molecule has 0 spiro atoms. The number of hydrogen-bond acceptors (Lipinski definition) is 2. The minimum atomic E-state index is 0.676. The SMILES string of the molecule is Cc1ccc(-c2cc(N)n(C)n2)c2ccccc12. The van der Waals surface area contributed by atoms with Gasteiger partial charge >= 0.3 is 0 Å². The fourth-order valence-electron chi connectivity index (χ4n) is 2.29. The van der Waals surface area contributed by atoms with Gasteiger partial charge < -0.3 is 5.73 Å². The summed E-state index contributed by atoms with van der Waals surface area (Å²) in [6, 6.07) is 14.5. The number of nitrogen functional groups attached to an aromatic ring is 1. The fourth-order valence-corrected chi connectivity index (χ4v) is 2.29. The summed E-state index contributed by atoms with van der Waals surface area (Å²) in [5.74, 6) is 0.676. The number of aromatic nitrogens is 2. The van der Waals surface area contributed by atoms with Gasteiger partial charge in [0.25, 0.3) is 0 Å². The number of nitrogens with zero attached hydrogens (tertiary/aromatic N) is 2. The minimum Gasteiger partial charge on any atom is -0.384 e. The van der Waals surface area contributed by atoms with Gasteiger partial charge in [-0.05, 0) is 23.3 Å². The zero-order valence-corrected chi connectivity index (χ0v) is 10.5. The van der Waals surface area contributed by atoms with Gasteiger partial charge in [0.2, 0.25) is 0 Å². The van der Waals surface area contributed by atoms with Crippen LogP contribution in [0.2, 0.25) is 0 Å². The predicted molar refractivity (Wildman–Crippen MR) is 75.3 cm³/mol. The molecule has 1 aromatic heterocycles. The molecule has 3 nitrogen and oxygen atoms in total. The van der Waals surface area contributed by atoms with E-state index in [4.69, 9.17) is 5.73 Å². The van der Waals surface area contributed by atoms with Crippen LogP contribution in [0.1, 0.15) is 5.56 Å². The molecular weight excluding hydrogens is 222 g/mol. The maximum Gasteiger partial charge on any atom is 0.121 e. The summed E-state index contributed by atoms with van der Waals surface area (Å²) in [6.07, 6.45) is 0. The maximum atomic E-state index is 5.85. The molecule has 0 fully saturated rings. The molecule has 1 heterocycles. The summed E-state index contributed by atoms with van der Waals surface area (Å²) < 4.78 is 1.70. The van der Waals surface area contributed by atoms with Gasteiger partial charge in [0.15, 0.2) is 0 Å². The van der Waals surface area contributed by atoms with Crippen molar-refractivity contribution in [2.75, 3.05) is 5.73 Å². The first-order valence-corrected chi connectivity index (χ1v) is 5.95. The highest BCUT2D eigenvalue weighted by molar-refractivity contribution is 5.97. The second-order valence-electron chi connectivity index (χ2n) is 4.55. The fraction of sp³-hybridized carbons (Fsp3) is 0.133. The van der Waals surface area contributed by atoms with Crippen LogP contribution in [0.25, 0.3) is 22.0 Å². The van der Waals surface area contributed by atoms with E-state index in [1.54, 1.807) is 4.68 Å². The van der Waals surface area contributed by atoms with Crippen molar-refractivity contribution in [3.05, 3.63) is 48.0 Å². The smallest absolute Gasteiger partial charge is 0.121 e. The van der Waals surface area contributed by atoms with Crippen LogP contribution in [0.4, 0.5) is 5.82 Å². The van der Waals surface area contributed by atoms with Gasteiger partial charge in [0.1, 0.15) is 5.82 Å². The van der Waals surface area contributed by atoms with E-state index in [1.807, 2.05) is 13.1 Å². The van der Waals surface area contributed by atoms with E-state index in [2.05, 4.69) is 48.4 Å². The molecule has 0 aliphatic carbocycles. The van der Waals surface area contributed by atoms with Crippen molar-refractivity contribution in [2.45, 2.75) is 6.92 Å². The molecule has 0 aliphatic heterocycles. The van der Waals surface area contributed by atoms with E-state index in [0.717, 1.165) is 11.3 Å². The van der Waals surface area contributed by atoms with Crippen molar-refractivity contribution >= 4 is 16.6 Å². The summed E-state index contributed by atoms with van der Waals surface area (Å²) in [5.41, 5.74) is 9.18. The summed E-state index contributed by atoms with van der Waals surface area (Å²) in [6.45, 7) is 2.12. The topological polar surface area (TPSA) is 43.8 Å². The number of rotatable bonds is 1. The van der Waals surface area contributed by atoms with E-state index in [9.17, 15) is 0 Å². The molecule has 0 unspecified atom stereocenters. The lowest BCUT2D eigenvalue weighted by Gasteiger charge is -2.06. The molecule has 90 valence electrons. The molecule has 0 saturated heterocycles. The molecule has 3 heteroatoms. The second kappa shape index (κ2) is 3.88. The summed E-state index contributed by atoms with van der Waals surface area (Å²) in [7, 11) is 1.86. The van der Waals surface area contributed by atoms with Crippen molar-refractivity contribution in [3.8, 4) is 11.3 Å². The molecule has 0 saturated carbocycles. The minimum absolute atomic E-state index is 0.676. The van der Waals surface area contributed by atoms with Crippen LogP contribution in [-0.4, -0.2) is 9.78 Å². The normalized spacial score (nSPS) is 11.0. The van der Waals surface area contributed by atoms with E-state index < -0.39 is 0 Å². The molecule has 3 rings (SSSR count). The number of benzene rings is 2. The van der Waals surface area contributed by atoms with E-state index in [-0.39, 0.29) is 0 Å². The predicted octanol–water partition coefficient (Wildman–Crippen LogP) is 3.13. The molecule has 18 heavy (non-hydrogen) atoms. The number of anilines is 1. The highest BCUT2D eigenvalue weighted by atomic mass is 15.3. The molecule has 0 bridgehead atoms. The lowest BCUT2D eigenvalue weighted by atomic mass is 9.98. The molecule has 0 atom stereocenters. The largest absolute Gasteiger partial charge is 0.384 e. The molecule has 0 radical (unpaired) electrons. The highest BCUT2D eigenvalue weighted by Crippen LogP contribution is 2.30. The van der Waals surface area contributed by atoms with Gasteiger partial charge in [0.05, 0.1) is 5.69 Å². The average Bonchev–Trinajstić information content (AvgIpc) is 2.70. The highest BCUT2D eigenvalue weighted by Gasteiger charge is 2.09. The second-order valence-corrected chi connectivity index (χ2v) is 4.55. The van der Waals surface area contributed by atoms with Crippen molar-refractivity contribution in [3.63, 3.8) is 0 Å². The Hall–Kier alpha value is -2.29. The van der Waals surface area contributed by atoms with Crippen molar-refractivity contribution < 1.29 is 0 Å². The standard InChI is InChI=1S/C15H15N3/c1-10-7-8-13(12-6-4-3-5-11(10)12)14-9-15(16)18(2)17-14/h3-9H,16H2,1-2H3. The van der Waals surface area contributed by atoms with Gasteiger partial charge in [-0.3, -0.25) is 4.68 Å². The first kappa shape index (κ1) is 10.8. The van der Waals surface area contributed by atoms with Crippen LogP contribution >= 0.6 is 0 Å². The van der Waals surface area contributed by atoms with Crippen LogP contribution in [0.5, 0.6) is 0 Å². The van der Waals surface area contributed by atoms with E-state index in [0.29, 0.717) is 5.82 Å². The number of aryl methyl sites for hydroxylation is 2. The molecule has 2 N–H and O–H groups in total. The number of hydrogen-bond donors (Lipinski definition) is 1. The first-order valence-electron chi connectivity index (χ1n) is 5.95. The van der Waals surface area contributed by atoms with Crippen LogP contribution < -0.4 is 5.73 Å². The maximum absolute atomic E-state index is 5.85. The zero-order chi connectivity index (χ0) is 12.7. The van der Waals surface area contributed by atoms with Gasteiger partial charge in [-0.15, -0.1) is 0 Å². The molecule has 2 aromatic carbocycles. The zero-order valence-electron chi connectivity index (χ0n) is 10.5. The monoisotopic (exact) mass is 237 g/mol. The Balaban J connectivity index is 2.33. The Bertz CT molecular complexity index is 706. The van der Waals surface area contributed by atoms with E-state index >= 15 is 0 Å². The van der Waals surface area contributed by atoms with Gasteiger partial charge in [-0.2, -0.15) is 5.10 Å². The van der Waals surface area contributed by atoms with Crippen molar-refractivity contribution in [1.29, 1.82) is 0 Å². The summed E-state index contributed by atoms with van der Waals surface area (Å²) >= 11 is 0. The quantitative estimate of drug-likeness (QED) is 0.706. The Morgan fingerprint density at radius 1 is 1.06 bits per heavy atom. The van der Waals surface area contributed by atoms with Gasteiger partial charge in [0, 0.05) is 18.7 Å². The average molecular weight is 237 g/mol. The van der Waals surface area contributed by atoms with Crippen molar-refractivity contribution in [1.82, 2.24) is 9.78 Å².